The van der Waals surface area contributed by atoms with Gasteiger partial charge in [0.25, 0.3) is 0 Å². The number of hydrogen-bond donors (Lipinski definition) is 1. The summed E-state index contributed by atoms with van der Waals surface area (Å²) in [7, 11) is 0. The van der Waals surface area contributed by atoms with Crippen molar-refractivity contribution in [3.63, 3.8) is 0 Å². The fourth-order valence-corrected chi connectivity index (χ4v) is 1.72. The highest BCUT2D eigenvalue weighted by atomic mass is 35.5. The third-order valence-corrected chi connectivity index (χ3v) is 2.35. The highest BCUT2D eigenvalue weighted by Gasteiger charge is 2.24. The van der Waals surface area contributed by atoms with Crippen LogP contribution >= 0.6 is 24.8 Å². The van der Waals surface area contributed by atoms with Crippen molar-refractivity contribution < 1.29 is 0 Å². The molecular formula is C7H14Cl2N4. The molecule has 0 saturated heterocycles. The van der Waals surface area contributed by atoms with Gasteiger partial charge in [-0.2, -0.15) is 0 Å². The number of nitrogens with zero attached hydrogens (tertiary/aromatic N) is 3. The van der Waals surface area contributed by atoms with Crippen LogP contribution in [-0.2, 0) is 0 Å². The first kappa shape index (κ1) is 12.7. The summed E-state index contributed by atoms with van der Waals surface area (Å²) in [5.74, 6) is 0. The highest BCUT2D eigenvalue weighted by molar-refractivity contribution is 5.85. The highest BCUT2D eigenvalue weighted by Crippen LogP contribution is 2.27. The van der Waals surface area contributed by atoms with Gasteiger partial charge in [-0.05, 0) is 19.3 Å². The van der Waals surface area contributed by atoms with E-state index in [1.54, 1.807) is 12.7 Å². The van der Waals surface area contributed by atoms with E-state index in [2.05, 4.69) is 10.2 Å². The zero-order valence-electron chi connectivity index (χ0n) is 7.17. The van der Waals surface area contributed by atoms with Crippen molar-refractivity contribution in [2.24, 2.45) is 5.73 Å². The number of halogens is 2. The average molecular weight is 225 g/mol. The summed E-state index contributed by atoms with van der Waals surface area (Å²) in [6.45, 7) is 0. The van der Waals surface area contributed by atoms with Crippen LogP contribution < -0.4 is 5.73 Å². The molecule has 6 heteroatoms. The molecule has 1 aromatic heterocycles. The van der Waals surface area contributed by atoms with Crippen molar-refractivity contribution in [3.05, 3.63) is 12.7 Å². The van der Waals surface area contributed by atoms with Gasteiger partial charge in [-0.1, -0.05) is 0 Å². The largest absolute Gasteiger partial charge is 0.326 e. The summed E-state index contributed by atoms with van der Waals surface area (Å²) >= 11 is 0. The minimum Gasteiger partial charge on any atom is -0.326 e. The zero-order chi connectivity index (χ0) is 7.68. The Hall–Kier alpha value is -0.320. The molecule has 2 rings (SSSR count). The van der Waals surface area contributed by atoms with Gasteiger partial charge in [-0.3, -0.25) is 0 Å². The molecule has 0 spiro atoms. The van der Waals surface area contributed by atoms with Crippen LogP contribution in [0.15, 0.2) is 12.7 Å². The molecule has 4 nitrogen and oxygen atoms in total. The Labute approximate surface area is 89.7 Å². The molecule has 0 unspecified atom stereocenters. The predicted molar refractivity (Wildman–Crippen MR) is 55.4 cm³/mol. The van der Waals surface area contributed by atoms with Crippen molar-refractivity contribution >= 4 is 24.8 Å². The van der Waals surface area contributed by atoms with E-state index < -0.39 is 0 Å². The van der Waals surface area contributed by atoms with Gasteiger partial charge >= 0.3 is 0 Å². The van der Waals surface area contributed by atoms with E-state index >= 15 is 0 Å². The molecule has 1 aliphatic carbocycles. The number of nitrogens with two attached hydrogens (primary N) is 1. The first-order valence-electron chi connectivity index (χ1n) is 3.97. The number of hydrogen-bond acceptors (Lipinski definition) is 3. The molecule has 13 heavy (non-hydrogen) atoms. The lowest BCUT2D eigenvalue weighted by Gasteiger charge is -2.15. The molecule has 0 amide bonds. The second kappa shape index (κ2) is 5.42. The summed E-state index contributed by atoms with van der Waals surface area (Å²) < 4.78 is 2.01. The maximum absolute atomic E-state index is 5.89. The summed E-state index contributed by atoms with van der Waals surface area (Å²) in [5, 5.41) is 7.52. The van der Waals surface area contributed by atoms with Crippen molar-refractivity contribution in [1.29, 1.82) is 0 Å². The molecule has 1 saturated carbocycles. The molecule has 0 aliphatic heterocycles. The van der Waals surface area contributed by atoms with E-state index in [0.29, 0.717) is 12.1 Å². The van der Waals surface area contributed by atoms with E-state index in [9.17, 15) is 0 Å². The Bertz CT molecular complexity index is 226. The molecule has 2 N–H and O–H groups in total. The van der Waals surface area contributed by atoms with Crippen molar-refractivity contribution in [2.75, 3.05) is 0 Å². The van der Waals surface area contributed by atoms with Gasteiger partial charge in [0.05, 0.1) is 6.04 Å². The SMILES string of the molecule is Cl.Cl.N[C@@H]1CCC[C@@H]1n1cnnc1. The molecule has 1 fully saturated rings. The van der Waals surface area contributed by atoms with Gasteiger partial charge in [0.1, 0.15) is 12.7 Å². The summed E-state index contributed by atoms with van der Waals surface area (Å²) in [6.07, 6.45) is 7.01. The molecule has 1 aromatic rings. The molecule has 0 aromatic carbocycles. The van der Waals surface area contributed by atoms with E-state index in [1.165, 1.54) is 12.8 Å². The molecule has 1 heterocycles. The molecule has 76 valence electrons. The maximum atomic E-state index is 5.89. The van der Waals surface area contributed by atoms with Gasteiger partial charge < -0.3 is 10.3 Å². The van der Waals surface area contributed by atoms with Crippen LogP contribution in [-0.4, -0.2) is 20.8 Å². The third kappa shape index (κ3) is 2.56. The molecule has 2 atom stereocenters. The monoisotopic (exact) mass is 224 g/mol. The van der Waals surface area contributed by atoms with Gasteiger partial charge in [0, 0.05) is 6.04 Å². The Kier molecular flexibility index (Phi) is 5.29. The Balaban J connectivity index is 0.000000720. The summed E-state index contributed by atoms with van der Waals surface area (Å²) in [6, 6.07) is 0.732. The van der Waals surface area contributed by atoms with Crippen LogP contribution in [0.1, 0.15) is 25.3 Å². The van der Waals surface area contributed by atoms with E-state index in [-0.39, 0.29) is 24.8 Å². The van der Waals surface area contributed by atoms with Gasteiger partial charge in [0.15, 0.2) is 0 Å². The van der Waals surface area contributed by atoms with Crippen LogP contribution in [0, 0.1) is 0 Å². The van der Waals surface area contributed by atoms with Crippen LogP contribution in [0.2, 0.25) is 0 Å². The fraction of sp³-hybridized carbons (Fsp3) is 0.714. The average Bonchev–Trinajstić information content (AvgIpc) is 2.55. The Morgan fingerprint density at radius 1 is 1.15 bits per heavy atom. The first-order chi connectivity index (χ1) is 5.38. The molecule has 1 aliphatic rings. The number of aromatic nitrogens is 3. The van der Waals surface area contributed by atoms with Gasteiger partial charge in [-0.25, -0.2) is 0 Å². The number of rotatable bonds is 1. The normalized spacial score (nSPS) is 26.2. The minimum absolute atomic E-state index is 0. The third-order valence-electron chi connectivity index (χ3n) is 2.35. The Morgan fingerprint density at radius 3 is 2.23 bits per heavy atom. The fourth-order valence-electron chi connectivity index (χ4n) is 1.72. The van der Waals surface area contributed by atoms with Gasteiger partial charge in [0.2, 0.25) is 0 Å². The van der Waals surface area contributed by atoms with E-state index in [0.717, 1.165) is 6.42 Å². The maximum Gasteiger partial charge on any atom is 0.119 e. The van der Waals surface area contributed by atoms with Crippen molar-refractivity contribution in [1.82, 2.24) is 14.8 Å². The Morgan fingerprint density at radius 2 is 1.77 bits per heavy atom. The lowest BCUT2D eigenvalue weighted by molar-refractivity contribution is 0.460. The van der Waals surface area contributed by atoms with E-state index in [4.69, 9.17) is 5.73 Å². The second-order valence-electron chi connectivity index (χ2n) is 3.07. The van der Waals surface area contributed by atoms with E-state index in [1.807, 2.05) is 4.57 Å². The predicted octanol–water partition coefficient (Wildman–Crippen LogP) is 1.17. The van der Waals surface area contributed by atoms with Crippen molar-refractivity contribution in [3.8, 4) is 0 Å². The molecule has 0 radical (unpaired) electrons. The molecular weight excluding hydrogens is 211 g/mol. The summed E-state index contributed by atoms with van der Waals surface area (Å²) in [5.41, 5.74) is 5.89. The summed E-state index contributed by atoms with van der Waals surface area (Å²) in [4.78, 5) is 0. The van der Waals surface area contributed by atoms with Crippen LogP contribution in [0.5, 0.6) is 0 Å². The van der Waals surface area contributed by atoms with Crippen LogP contribution in [0.25, 0.3) is 0 Å². The topological polar surface area (TPSA) is 56.7 Å². The van der Waals surface area contributed by atoms with Crippen LogP contribution in [0.4, 0.5) is 0 Å². The lowest BCUT2D eigenvalue weighted by atomic mass is 10.2. The van der Waals surface area contributed by atoms with Gasteiger partial charge in [-0.15, -0.1) is 35.0 Å². The standard InChI is InChI=1S/C7H12N4.2ClH/c8-6-2-1-3-7(6)11-4-9-10-5-11;;/h4-7H,1-3,8H2;2*1H/t6-,7+;;/m1../s1. The minimum atomic E-state index is 0. The zero-order valence-corrected chi connectivity index (χ0v) is 8.80. The smallest absolute Gasteiger partial charge is 0.119 e. The molecule has 0 bridgehead atoms. The quantitative estimate of drug-likeness (QED) is 0.780. The lowest BCUT2D eigenvalue weighted by Crippen LogP contribution is -2.26. The van der Waals surface area contributed by atoms with Crippen molar-refractivity contribution in [2.45, 2.75) is 31.3 Å². The second-order valence-corrected chi connectivity index (χ2v) is 3.07. The first-order valence-corrected chi connectivity index (χ1v) is 3.97. The van der Waals surface area contributed by atoms with Crippen LogP contribution in [0.3, 0.4) is 0 Å².